The number of urea groups is 1. The second-order valence-corrected chi connectivity index (χ2v) is 3.39. The van der Waals surface area contributed by atoms with E-state index in [1.807, 2.05) is 11.0 Å². The van der Waals surface area contributed by atoms with Crippen LogP contribution in [0.5, 0.6) is 0 Å². The van der Waals surface area contributed by atoms with E-state index in [0.29, 0.717) is 13.2 Å². The molecule has 0 atom stereocenters. The lowest BCUT2D eigenvalue weighted by atomic mass is 10.2. The molecule has 13 heavy (non-hydrogen) atoms. The summed E-state index contributed by atoms with van der Waals surface area (Å²) in [7, 11) is 0. The first-order valence-corrected chi connectivity index (χ1v) is 4.64. The Kier molecular flexibility index (Phi) is 2.49. The fourth-order valence-corrected chi connectivity index (χ4v) is 1.41. The zero-order chi connectivity index (χ0) is 9.10. The monoisotopic (exact) mass is 182 g/mol. The van der Waals surface area contributed by atoms with Crippen molar-refractivity contribution in [2.45, 2.75) is 12.5 Å². The third-order valence-electron chi connectivity index (χ3n) is 2.31. The van der Waals surface area contributed by atoms with Gasteiger partial charge in [0.2, 0.25) is 0 Å². The van der Waals surface area contributed by atoms with Crippen LogP contribution in [0.15, 0.2) is 12.2 Å². The van der Waals surface area contributed by atoms with Gasteiger partial charge in [0.05, 0.1) is 19.3 Å². The largest absolute Gasteiger partial charge is 0.377 e. The van der Waals surface area contributed by atoms with Crippen LogP contribution in [0.2, 0.25) is 0 Å². The molecule has 2 amide bonds. The van der Waals surface area contributed by atoms with Gasteiger partial charge in [-0.2, -0.15) is 0 Å². The lowest BCUT2D eigenvalue weighted by Gasteiger charge is -2.31. The van der Waals surface area contributed by atoms with Crippen molar-refractivity contribution in [1.82, 2.24) is 10.2 Å². The Morgan fingerprint density at radius 2 is 2.31 bits per heavy atom. The number of ether oxygens (including phenoxy) is 1. The summed E-state index contributed by atoms with van der Waals surface area (Å²) in [5.74, 6) is 0. The molecule has 2 aliphatic heterocycles. The summed E-state index contributed by atoms with van der Waals surface area (Å²) in [5, 5.41) is 2.91. The molecule has 1 saturated heterocycles. The maximum atomic E-state index is 11.5. The molecule has 2 heterocycles. The number of nitrogens with zero attached hydrogens (tertiary/aromatic N) is 1. The van der Waals surface area contributed by atoms with Crippen molar-refractivity contribution < 1.29 is 9.53 Å². The van der Waals surface area contributed by atoms with Crippen LogP contribution in [-0.2, 0) is 4.74 Å². The van der Waals surface area contributed by atoms with Gasteiger partial charge in [0.15, 0.2) is 0 Å². The van der Waals surface area contributed by atoms with Crippen molar-refractivity contribution in [2.75, 3.05) is 26.3 Å². The summed E-state index contributed by atoms with van der Waals surface area (Å²) in [4.78, 5) is 13.3. The molecule has 0 saturated carbocycles. The predicted molar refractivity (Wildman–Crippen MR) is 48.5 cm³/mol. The van der Waals surface area contributed by atoms with Crippen molar-refractivity contribution in [3.8, 4) is 0 Å². The van der Waals surface area contributed by atoms with E-state index in [2.05, 4.69) is 11.4 Å². The van der Waals surface area contributed by atoms with Crippen LogP contribution in [0, 0.1) is 0 Å². The third-order valence-corrected chi connectivity index (χ3v) is 2.31. The van der Waals surface area contributed by atoms with Crippen molar-refractivity contribution in [3.63, 3.8) is 0 Å². The third kappa shape index (κ3) is 2.01. The van der Waals surface area contributed by atoms with E-state index in [9.17, 15) is 4.79 Å². The van der Waals surface area contributed by atoms with E-state index >= 15 is 0 Å². The van der Waals surface area contributed by atoms with E-state index in [-0.39, 0.29) is 12.1 Å². The topological polar surface area (TPSA) is 41.6 Å². The zero-order valence-electron chi connectivity index (χ0n) is 7.53. The molecule has 0 spiro atoms. The Balaban J connectivity index is 1.78. The smallest absolute Gasteiger partial charge is 0.318 e. The quantitative estimate of drug-likeness (QED) is 0.595. The number of hydrogen-bond donors (Lipinski definition) is 1. The normalized spacial score (nSPS) is 22.6. The highest BCUT2D eigenvalue weighted by atomic mass is 16.5. The predicted octanol–water partition coefficient (Wildman–Crippen LogP) is 0.357. The molecule has 0 bridgehead atoms. The highest BCUT2D eigenvalue weighted by molar-refractivity contribution is 5.75. The lowest BCUT2D eigenvalue weighted by Crippen LogP contribution is -2.53. The first-order valence-electron chi connectivity index (χ1n) is 4.64. The SMILES string of the molecule is O=C(NC1COC1)N1CC=CCC1. The summed E-state index contributed by atoms with van der Waals surface area (Å²) in [6, 6.07) is 0.274. The maximum Gasteiger partial charge on any atom is 0.318 e. The lowest BCUT2D eigenvalue weighted by molar-refractivity contribution is -0.00188. The molecule has 0 radical (unpaired) electrons. The fourth-order valence-electron chi connectivity index (χ4n) is 1.41. The standard InChI is InChI=1S/C9H14N2O2/c12-9(10-8-6-13-7-8)11-4-2-1-3-5-11/h1-2,8H,3-7H2,(H,10,12). The van der Waals surface area contributed by atoms with Gasteiger partial charge in [-0.05, 0) is 6.42 Å². The van der Waals surface area contributed by atoms with Gasteiger partial charge in [0.1, 0.15) is 0 Å². The molecule has 2 rings (SSSR count). The van der Waals surface area contributed by atoms with Gasteiger partial charge in [0.25, 0.3) is 0 Å². The Morgan fingerprint density at radius 1 is 1.46 bits per heavy atom. The van der Waals surface area contributed by atoms with Crippen molar-refractivity contribution >= 4 is 6.03 Å². The second-order valence-electron chi connectivity index (χ2n) is 3.39. The molecule has 72 valence electrons. The van der Waals surface area contributed by atoms with Crippen LogP contribution in [0.3, 0.4) is 0 Å². The number of amides is 2. The minimum atomic E-state index is 0.0395. The first-order chi connectivity index (χ1) is 6.36. The van der Waals surface area contributed by atoms with E-state index in [1.165, 1.54) is 0 Å². The van der Waals surface area contributed by atoms with Crippen LogP contribution in [-0.4, -0.2) is 43.3 Å². The number of carbonyl (C=O) groups is 1. The Hall–Kier alpha value is -1.03. The van der Waals surface area contributed by atoms with Crippen LogP contribution < -0.4 is 5.32 Å². The highest BCUT2D eigenvalue weighted by Gasteiger charge is 2.23. The summed E-state index contributed by atoms with van der Waals surface area (Å²) in [5.41, 5.74) is 0. The molecule has 0 aromatic carbocycles. The van der Waals surface area contributed by atoms with Gasteiger partial charge in [-0.1, -0.05) is 12.2 Å². The highest BCUT2D eigenvalue weighted by Crippen LogP contribution is 2.04. The Labute approximate surface area is 77.5 Å². The minimum Gasteiger partial charge on any atom is -0.377 e. The number of rotatable bonds is 1. The minimum absolute atomic E-state index is 0.0395. The fraction of sp³-hybridized carbons (Fsp3) is 0.667. The average Bonchev–Trinajstić information content (AvgIpc) is 2.12. The molecular formula is C9H14N2O2. The van der Waals surface area contributed by atoms with E-state index < -0.39 is 0 Å². The van der Waals surface area contributed by atoms with Gasteiger partial charge in [-0.3, -0.25) is 0 Å². The summed E-state index contributed by atoms with van der Waals surface area (Å²) < 4.78 is 4.98. The molecule has 0 unspecified atom stereocenters. The molecule has 0 aliphatic carbocycles. The van der Waals surface area contributed by atoms with Gasteiger partial charge in [-0.15, -0.1) is 0 Å². The summed E-state index contributed by atoms with van der Waals surface area (Å²) in [6.45, 7) is 2.89. The number of nitrogens with one attached hydrogen (secondary N) is 1. The van der Waals surface area contributed by atoms with E-state index in [0.717, 1.165) is 19.5 Å². The van der Waals surface area contributed by atoms with Gasteiger partial charge < -0.3 is 15.0 Å². The van der Waals surface area contributed by atoms with Gasteiger partial charge >= 0.3 is 6.03 Å². The van der Waals surface area contributed by atoms with Crippen molar-refractivity contribution in [3.05, 3.63) is 12.2 Å². The second kappa shape index (κ2) is 3.79. The summed E-state index contributed by atoms with van der Waals surface area (Å²) in [6.07, 6.45) is 5.10. The number of hydrogen-bond acceptors (Lipinski definition) is 2. The van der Waals surface area contributed by atoms with E-state index in [1.54, 1.807) is 0 Å². The molecule has 1 N–H and O–H groups in total. The molecular weight excluding hydrogens is 168 g/mol. The molecule has 0 aromatic heterocycles. The van der Waals surface area contributed by atoms with Gasteiger partial charge in [0, 0.05) is 13.1 Å². The van der Waals surface area contributed by atoms with Gasteiger partial charge in [-0.25, -0.2) is 4.79 Å². The molecule has 2 aliphatic rings. The molecule has 0 aromatic rings. The van der Waals surface area contributed by atoms with Crippen LogP contribution in [0.1, 0.15) is 6.42 Å². The van der Waals surface area contributed by atoms with Crippen LogP contribution >= 0.6 is 0 Å². The van der Waals surface area contributed by atoms with Crippen LogP contribution in [0.4, 0.5) is 4.79 Å². The average molecular weight is 182 g/mol. The van der Waals surface area contributed by atoms with Crippen LogP contribution in [0.25, 0.3) is 0 Å². The molecule has 4 nitrogen and oxygen atoms in total. The number of carbonyl (C=O) groups excluding carboxylic acids is 1. The first kappa shape index (κ1) is 8.56. The Morgan fingerprint density at radius 3 is 2.85 bits per heavy atom. The van der Waals surface area contributed by atoms with E-state index in [4.69, 9.17) is 4.74 Å². The van der Waals surface area contributed by atoms with Crippen molar-refractivity contribution in [1.29, 1.82) is 0 Å². The Bertz CT molecular complexity index is 224. The zero-order valence-corrected chi connectivity index (χ0v) is 7.53. The summed E-state index contributed by atoms with van der Waals surface area (Å²) >= 11 is 0. The maximum absolute atomic E-state index is 11.5. The van der Waals surface area contributed by atoms with Crippen molar-refractivity contribution in [2.24, 2.45) is 0 Å². The molecule has 4 heteroatoms. The molecule has 1 fully saturated rings.